The van der Waals surface area contributed by atoms with Crippen LogP contribution >= 0.6 is 0 Å². The summed E-state index contributed by atoms with van der Waals surface area (Å²) in [4.78, 5) is 0. The number of alkyl halides is 2. The minimum atomic E-state index is -2.49. The van der Waals surface area contributed by atoms with Gasteiger partial charge in [-0.3, -0.25) is 0 Å². The normalized spacial score (nSPS) is 12.1. The Kier molecular flexibility index (Phi) is 4.99. The summed E-state index contributed by atoms with van der Waals surface area (Å²) in [6.07, 6.45) is -2.49. The summed E-state index contributed by atoms with van der Waals surface area (Å²) in [5.41, 5.74) is -0.143. The lowest BCUT2D eigenvalue weighted by molar-refractivity contribution is 0.103. The van der Waals surface area contributed by atoms with Crippen LogP contribution in [0.4, 0.5) is 8.78 Å². The van der Waals surface area contributed by atoms with E-state index in [4.69, 9.17) is 10.2 Å². The Morgan fingerprint density at radius 1 is 1.29 bits per heavy atom. The van der Waals surface area contributed by atoms with Crippen molar-refractivity contribution < 1.29 is 19.0 Å². The fourth-order valence-corrected chi connectivity index (χ4v) is 1.32. The van der Waals surface area contributed by atoms with Gasteiger partial charge in [-0.15, -0.1) is 0 Å². The predicted molar refractivity (Wildman–Crippen MR) is 60.8 cm³/mol. The topological polar surface area (TPSA) is 52.5 Å². The Hall–Kier alpha value is -1.04. The van der Waals surface area contributed by atoms with Crippen molar-refractivity contribution in [2.45, 2.75) is 25.4 Å². The molecule has 1 aromatic rings. The van der Waals surface area contributed by atoms with Gasteiger partial charge in [-0.2, -0.15) is 0 Å². The van der Waals surface area contributed by atoms with E-state index in [0.29, 0.717) is 12.1 Å². The highest BCUT2D eigenvalue weighted by molar-refractivity contribution is 5.24. The van der Waals surface area contributed by atoms with Crippen LogP contribution in [0, 0.1) is 0 Å². The third-order valence-electron chi connectivity index (χ3n) is 2.62. The summed E-state index contributed by atoms with van der Waals surface area (Å²) in [5, 5.41) is 21.1. The van der Waals surface area contributed by atoms with Gasteiger partial charge in [0.1, 0.15) is 0 Å². The van der Waals surface area contributed by atoms with E-state index in [0.717, 1.165) is 0 Å². The lowest BCUT2D eigenvalue weighted by Crippen LogP contribution is -2.48. The van der Waals surface area contributed by atoms with Crippen LogP contribution in [-0.4, -0.2) is 29.0 Å². The number of aliphatic hydroxyl groups is 2. The molecule has 96 valence electrons. The van der Waals surface area contributed by atoms with Crippen LogP contribution in [-0.2, 0) is 6.54 Å². The molecule has 3 nitrogen and oxygen atoms in total. The summed E-state index contributed by atoms with van der Waals surface area (Å²) in [6.45, 7) is 1.53. The molecule has 3 N–H and O–H groups in total. The number of nitrogens with one attached hydrogen (secondary N) is 1. The monoisotopic (exact) mass is 245 g/mol. The average molecular weight is 245 g/mol. The molecule has 0 aliphatic carbocycles. The molecular formula is C12H17F2NO2. The average Bonchev–Trinajstić information content (AvgIpc) is 2.36. The van der Waals surface area contributed by atoms with Crippen LogP contribution in [0.15, 0.2) is 24.3 Å². The number of benzene rings is 1. The van der Waals surface area contributed by atoms with Gasteiger partial charge < -0.3 is 15.5 Å². The van der Waals surface area contributed by atoms with Crippen LogP contribution in [0.2, 0.25) is 0 Å². The summed E-state index contributed by atoms with van der Waals surface area (Å²) in [5.74, 6) is 0. The first kappa shape index (κ1) is 14.0. The molecule has 0 atom stereocenters. The third-order valence-corrected chi connectivity index (χ3v) is 2.62. The van der Waals surface area contributed by atoms with Crippen molar-refractivity contribution in [1.82, 2.24) is 5.32 Å². The zero-order chi connectivity index (χ0) is 12.9. The molecule has 0 saturated heterocycles. The molecule has 5 heteroatoms. The largest absolute Gasteiger partial charge is 0.394 e. The minimum Gasteiger partial charge on any atom is -0.394 e. The molecular weight excluding hydrogens is 228 g/mol. The van der Waals surface area contributed by atoms with Gasteiger partial charge >= 0.3 is 0 Å². The molecule has 1 aromatic carbocycles. The molecule has 17 heavy (non-hydrogen) atoms. The zero-order valence-corrected chi connectivity index (χ0v) is 9.66. The van der Waals surface area contributed by atoms with Gasteiger partial charge in [-0.25, -0.2) is 8.78 Å². The van der Waals surface area contributed by atoms with Crippen LogP contribution in [0.3, 0.4) is 0 Å². The quantitative estimate of drug-likeness (QED) is 0.711. The number of rotatable bonds is 6. The molecule has 0 bridgehead atoms. The highest BCUT2D eigenvalue weighted by atomic mass is 19.3. The smallest absolute Gasteiger partial charge is 0.263 e. The van der Waals surface area contributed by atoms with E-state index in [9.17, 15) is 8.78 Å². The molecule has 0 heterocycles. The van der Waals surface area contributed by atoms with Gasteiger partial charge in [0.2, 0.25) is 0 Å². The van der Waals surface area contributed by atoms with Crippen molar-refractivity contribution in [3.63, 3.8) is 0 Å². The van der Waals surface area contributed by atoms with E-state index in [-0.39, 0.29) is 18.8 Å². The standard InChI is InChI=1S/C12H17F2NO2/c1-12(7-16,8-17)15-6-9-3-2-4-10(5-9)11(13)14/h2-5,11,15-17H,6-8H2,1H3. The highest BCUT2D eigenvalue weighted by Gasteiger charge is 2.21. The van der Waals surface area contributed by atoms with E-state index in [1.54, 1.807) is 19.1 Å². The summed E-state index contributed by atoms with van der Waals surface area (Å²) >= 11 is 0. The van der Waals surface area contributed by atoms with Crippen LogP contribution in [0.1, 0.15) is 24.5 Å². The van der Waals surface area contributed by atoms with Crippen molar-refractivity contribution in [2.75, 3.05) is 13.2 Å². The molecule has 0 radical (unpaired) electrons. The fourth-order valence-electron chi connectivity index (χ4n) is 1.32. The Balaban J connectivity index is 2.66. The van der Waals surface area contributed by atoms with E-state index in [1.807, 2.05) is 0 Å². The first-order chi connectivity index (χ1) is 8.00. The molecule has 1 rings (SSSR count). The van der Waals surface area contributed by atoms with Gasteiger partial charge in [-0.05, 0) is 18.6 Å². The van der Waals surface area contributed by atoms with E-state index in [2.05, 4.69) is 5.32 Å². The van der Waals surface area contributed by atoms with Crippen molar-refractivity contribution in [3.05, 3.63) is 35.4 Å². The molecule has 0 spiro atoms. The van der Waals surface area contributed by atoms with Crippen molar-refractivity contribution >= 4 is 0 Å². The summed E-state index contributed by atoms with van der Waals surface area (Å²) in [6, 6.07) is 6.06. The second kappa shape index (κ2) is 6.05. The van der Waals surface area contributed by atoms with Gasteiger partial charge in [0.25, 0.3) is 6.43 Å². The van der Waals surface area contributed by atoms with Crippen LogP contribution < -0.4 is 5.32 Å². The Morgan fingerprint density at radius 2 is 1.94 bits per heavy atom. The zero-order valence-electron chi connectivity index (χ0n) is 9.66. The molecule has 0 fully saturated rings. The summed E-state index contributed by atoms with van der Waals surface area (Å²) < 4.78 is 24.9. The first-order valence-electron chi connectivity index (χ1n) is 5.34. The van der Waals surface area contributed by atoms with Crippen molar-refractivity contribution in [1.29, 1.82) is 0 Å². The lowest BCUT2D eigenvalue weighted by atomic mass is 10.0. The number of hydrogen-bond donors (Lipinski definition) is 3. The minimum absolute atomic E-state index is 0.0287. The number of aliphatic hydroxyl groups excluding tert-OH is 2. The molecule has 0 aliphatic rings. The first-order valence-corrected chi connectivity index (χ1v) is 5.34. The Morgan fingerprint density at radius 3 is 2.47 bits per heavy atom. The molecule has 0 aromatic heterocycles. The fraction of sp³-hybridized carbons (Fsp3) is 0.500. The maximum absolute atomic E-state index is 12.5. The maximum atomic E-state index is 12.5. The van der Waals surface area contributed by atoms with E-state index >= 15 is 0 Å². The lowest BCUT2D eigenvalue weighted by Gasteiger charge is -2.26. The molecule has 0 unspecified atom stereocenters. The van der Waals surface area contributed by atoms with Gasteiger partial charge in [0, 0.05) is 12.1 Å². The Labute approximate surface area is 99.1 Å². The number of halogens is 2. The molecule has 0 saturated carbocycles. The second-order valence-electron chi connectivity index (χ2n) is 4.28. The second-order valence-corrected chi connectivity index (χ2v) is 4.28. The number of hydrogen-bond acceptors (Lipinski definition) is 3. The van der Waals surface area contributed by atoms with E-state index in [1.165, 1.54) is 12.1 Å². The van der Waals surface area contributed by atoms with Crippen LogP contribution in [0.25, 0.3) is 0 Å². The Bertz CT molecular complexity index is 354. The molecule has 0 amide bonds. The predicted octanol–water partition coefficient (Wildman–Crippen LogP) is 1.46. The third kappa shape index (κ3) is 4.03. The highest BCUT2D eigenvalue weighted by Crippen LogP contribution is 2.19. The van der Waals surface area contributed by atoms with Crippen molar-refractivity contribution in [3.8, 4) is 0 Å². The van der Waals surface area contributed by atoms with Crippen LogP contribution in [0.5, 0.6) is 0 Å². The van der Waals surface area contributed by atoms with Crippen molar-refractivity contribution in [2.24, 2.45) is 0 Å². The SMILES string of the molecule is CC(CO)(CO)NCc1cccc(C(F)F)c1. The maximum Gasteiger partial charge on any atom is 0.263 e. The van der Waals surface area contributed by atoms with Gasteiger partial charge in [0.05, 0.1) is 18.8 Å². The van der Waals surface area contributed by atoms with Gasteiger partial charge in [0.15, 0.2) is 0 Å². The molecule has 0 aliphatic heterocycles. The summed E-state index contributed by atoms with van der Waals surface area (Å²) in [7, 11) is 0. The van der Waals surface area contributed by atoms with Gasteiger partial charge in [-0.1, -0.05) is 18.2 Å². The van der Waals surface area contributed by atoms with E-state index < -0.39 is 12.0 Å².